The first kappa shape index (κ1) is 15.5. The highest BCUT2D eigenvalue weighted by Gasteiger charge is 2.35. The number of nitrogens with zero attached hydrogens (tertiary/aromatic N) is 2. The highest BCUT2D eigenvalue weighted by atomic mass is 16.5. The molecule has 25 heavy (non-hydrogen) atoms. The number of carbonyl (C=O) groups is 1. The van der Waals surface area contributed by atoms with Crippen LogP contribution in [0.1, 0.15) is 18.2 Å². The topological polar surface area (TPSA) is 67.5 Å². The second kappa shape index (κ2) is 6.12. The van der Waals surface area contributed by atoms with Crippen molar-refractivity contribution in [3.05, 3.63) is 48.3 Å². The SMILES string of the molecule is COc1ccc(OC)c(N2C[C@H](c3nc4ccccc4[nH]3)CC2=O)c1. The number of fused-ring (bicyclic) bond motifs is 1. The van der Waals surface area contributed by atoms with Crippen LogP contribution in [0, 0.1) is 0 Å². The third-order valence-electron chi connectivity index (χ3n) is 4.60. The lowest BCUT2D eigenvalue weighted by Crippen LogP contribution is -2.25. The number of imidazole rings is 1. The number of hydrogen-bond donors (Lipinski definition) is 1. The Morgan fingerprint density at radius 1 is 1.16 bits per heavy atom. The van der Waals surface area contributed by atoms with E-state index in [4.69, 9.17) is 9.47 Å². The van der Waals surface area contributed by atoms with Gasteiger partial charge in [-0.1, -0.05) is 12.1 Å². The number of hydrogen-bond acceptors (Lipinski definition) is 4. The maximum absolute atomic E-state index is 12.6. The number of para-hydroxylation sites is 2. The number of benzene rings is 2. The van der Waals surface area contributed by atoms with Crippen molar-refractivity contribution in [3.8, 4) is 11.5 Å². The maximum atomic E-state index is 12.6. The fourth-order valence-electron chi connectivity index (χ4n) is 3.30. The molecule has 1 saturated heterocycles. The number of carbonyl (C=O) groups excluding carboxylic acids is 1. The third kappa shape index (κ3) is 2.69. The van der Waals surface area contributed by atoms with E-state index in [0.717, 1.165) is 22.5 Å². The zero-order chi connectivity index (χ0) is 17.4. The molecule has 6 heteroatoms. The van der Waals surface area contributed by atoms with E-state index < -0.39 is 0 Å². The maximum Gasteiger partial charge on any atom is 0.227 e. The van der Waals surface area contributed by atoms with Gasteiger partial charge in [-0.15, -0.1) is 0 Å². The quantitative estimate of drug-likeness (QED) is 0.794. The Labute approximate surface area is 145 Å². The molecule has 2 heterocycles. The zero-order valence-corrected chi connectivity index (χ0v) is 14.2. The first-order valence-electron chi connectivity index (χ1n) is 8.16. The molecular weight excluding hydrogens is 318 g/mol. The van der Waals surface area contributed by atoms with Crippen molar-refractivity contribution in [2.75, 3.05) is 25.7 Å². The van der Waals surface area contributed by atoms with E-state index in [1.54, 1.807) is 19.1 Å². The predicted octanol–water partition coefficient (Wildman–Crippen LogP) is 3.10. The van der Waals surface area contributed by atoms with E-state index in [2.05, 4.69) is 9.97 Å². The Balaban J connectivity index is 1.66. The number of nitrogens with one attached hydrogen (secondary N) is 1. The highest BCUT2D eigenvalue weighted by molar-refractivity contribution is 5.98. The summed E-state index contributed by atoms with van der Waals surface area (Å²) in [5, 5.41) is 0. The minimum Gasteiger partial charge on any atom is -0.497 e. The van der Waals surface area contributed by atoms with E-state index in [-0.39, 0.29) is 11.8 Å². The molecular formula is C19H19N3O3. The van der Waals surface area contributed by atoms with Gasteiger partial charge in [-0.2, -0.15) is 0 Å². The molecule has 1 atom stereocenters. The number of anilines is 1. The molecule has 128 valence electrons. The van der Waals surface area contributed by atoms with Gasteiger partial charge in [0.05, 0.1) is 30.9 Å². The van der Waals surface area contributed by atoms with Gasteiger partial charge >= 0.3 is 0 Å². The molecule has 1 aliphatic rings. The first-order valence-corrected chi connectivity index (χ1v) is 8.16. The molecule has 0 aliphatic carbocycles. The Hall–Kier alpha value is -3.02. The molecule has 1 amide bonds. The largest absolute Gasteiger partial charge is 0.497 e. The Kier molecular flexibility index (Phi) is 3.80. The standard InChI is InChI=1S/C19H19N3O3/c1-24-13-7-8-17(25-2)16(10-13)22-11-12(9-18(22)23)19-20-14-5-3-4-6-15(14)21-19/h3-8,10,12H,9,11H2,1-2H3,(H,20,21)/t12-/m1/s1. The summed E-state index contributed by atoms with van der Waals surface area (Å²) >= 11 is 0. The lowest BCUT2D eigenvalue weighted by molar-refractivity contribution is -0.117. The number of aromatic nitrogens is 2. The van der Waals surface area contributed by atoms with Crippen LogP contribution in [0.25, 0.3) is 11.0 Å². The van der Waals surface area contributed by atoms with E-state index >= 15 is 0 Å². The van der Waals surface area contributed by atoms with Crippen molar-refractivity contribution in [2.24, 2.45) is 0 Å². The van der Waals surface area contributed by atoms with Crippen LogP contribution in [0.4, 0.5) is 5.69 Å². The Bertz CT molecular complexity index is 902. The van der Waals surface area contributed by atoms with E-state index in [9.17, 15) is 4.79 Å². The van der Waals surface area contributed by atoms with Crippen LogP contribution in [0.15, 0.2) is 42.5 Å². The van der Waals surface area contributed by atoms with Gasteiger partial charge in [0.2, 0.25) is 5.91 Å². The monoisotopic (exact) mass is 337 g/mol. The summed E-state index contributed by atoms with van der Waals surface area (Å²) in [4.78, 5) is 22.4. The smallest absolute Gasteiger partial charge is 0.227 e. The third-order valence-corrected chi connectivity index (χ3v) is 4.60. The van der Waals surface area contributed by atoms with Crippen LogP contribution in [-0.2, 0) is 4.79 Å². The summed E-state index contributed by atoms with van der Waals surface area (Å²) in [7, 11) is 3.21. The number of ether oxygens (including phenoxy) is 2. The van der Waals surface area contributed by atoms with Gasteiger partial charge in [-0.25, -0.2) is 4.98 Å². The summed E-state index contributed by atoms with van der Waals surface area (Å²) in [5.74, 6) is 2.27. The summed E-state index contributed by atoms with van der Waals surface area (Å²) in [5.41, 5.74) is 2.63. The van der Waals surface area contributed by atoms with Gasteiger partial charge in [-0.3, -0.25) is 4.79 Å². The highest BCUT2D eigenvalue weighted by Crippen LogP contribution is 2.38. The molecule has 1 fully saturated rings. The van der Waals surface area contributed by atoms with Crippen molar-refractivity contribution in [2.45, 2.75) is 12.3 Å². The Morgan fingerprint density at radius 3 is 2.76 bits per heavy atom. The fourth-order valence-corrected chi connectivity index (χ4v) is 3.30. The molecule has 1 N–H and O–H groups in total. The van der Waals surface area contributed by atoms with Gasteiger partial charge in [0.15, 0.2) is 0 Å². The van der Waals surface area contributed by atoms with Gasteiger partial charge in [-0.05, 0) is 24.3 Å². The van der Waals surface area contributed by atoms with Crippen LogP contribution in [0.3, 0.4) is 0 Å². The summed E-state index contributed by atoms with van der Waals surface area (Å²) < 4.78 is 10.7. The zero-order valence-electron chi connectivity index (χ0n) is 14.2. The van der Waals surface area contributed by atoms with Crippen molar-refractivity contribution in [3.63, 3.8) is 0 Å². The van der Waals surface area contributed by atoms with Gasteiger partial charge < -0.3 is 19.4 Å². The molecule has 6 nitrogen and oxygen atoms in total. The molecule has 2 aromatic carbocycles. The molecule has 0 spiro atoms. The normalized spacial score (nSPS) is 17.3. The summed E-state index contributed by atoms with van der Waals surface area (Å²) in [6.07, 6.45) is 0.417. The van der Waals surface area contributed by atoms with Crippen LogP contribution < -0.4 is 14.4 Å². The number of amides is 1. The predicted molar refractivity (Wildman–Crippen MR) is 95.4 cm³/mol. The lowest BCUT2D eigenvalue weighted by atomic mass is 10.1. The summed E-state index contributed by atoms with van der Waals surface area (Å²) in [6.45, 7) is 0.558. The molecule has 1 aromatic heterocycles. The van der Waals surface area contributed by atoms with Crippen molar-refractivity contribution < 1.29 is 14.3 Å². The average Bonchev–Trinajstić information content (AvgIpc) is 3.24. The number of H-pyrrole nitrogens is 1. The van der Waals surface area contributed by atoms with Gasteiger partial charge in [0, 0.05) is 24.9 Å². The van der Waals surface area contributed by atoms with E-state index in [0.29, 0.717) is 24.5 Å². The van der Waals surface area contributed by atoms with Gasteiger partial charge in [0.25, 0.3) is 0 Å². The molecule has 1 aliphatic heterocycles. The molecule has 0 bridgehead atoms. The van der Waals surface area contributed by atoms with Crippen molar-refractivity contribution >= 4 is 22.6 Å². The van der Waals surface area contributed by atoms with Crippen LogP contribution >= 0.6 is 0 Å². The molecule has 0 saturated carbocycles. The molecule has 3 aromatic rings. The minimum atomic E-state index is 0.0239. The van der Waals surface area contributed by atoms with Crippen LogP contribution in [-0.4, -0.2) is 36.6 Å². The second-order valence-electron chi connectivity index (χ2n) is 6.08. The average molecular weight is 337 g/mol. The number of rotatable bonds is 4. The Morgan fingerprint density at radius 2 is 2.00 bits per heavy atom. The molecule has 4 rings (SSSR count). The van der Waals surface area contributed by atoms with Crippen LogP contribution in [0.2, 0.25) is 0 Å². The molecule has 0 unspecified atom stereocenters. The van der Waals surface area contributed by atoms with Crippen molar-refractivity contribution in [1.82, 2.24) is 9.97 Å². The summed E-state index contributed by atoms with van der Waals surface area (Å²) in [6, 6.07) is 13.4. The number of aromatic amines is 1. The number of methoxy groups -OCH3 is 2. The van der Waals surface area contributed by atoms with Gasteiger partial charge in [0.1, 0.15) is 17.3 Å². The van der Waals surface area contributed by atoms with Crippen molar-refractivity contribution in [1.29, 1.82) is 0 Å². The first-order chi connectivity index (χ1) is 12.2. The van der Waals surface area contributed by atoms with E-state index in [1.165, 1.54) is 0 Å². The molecule has 0 radical (unpaired) electrons. The van der Waals surface area contributed by atoms with E-state index in [1.807, 2.05) is 42.5 Å². The van der Waals surface area contributed by atoms with Crippen LogP contribution in [0.5, 0.6) is 11.5 Å². The second-order valence-corrected chi connectivity index (χ2v) is 6.08. The fraction of sp³-hybridized carbons (Fsp3) is 0.263. The minimum absolute atomic E-state index is 0.0239. The lowest BCUT2D eigenvalue weighted by Gasteiger charge is -2.20.